The second kappa shape index (κ2) is 6.92. The van der Waals surface area contributed by atoms with Crippen molar-refractivity contribution in [1.82, 2.24) is 0 Å². The first kappa shape index (κ1) is 20.7. The van der Waals surface area contributed by atoms with Gasteiger partial charge in [-0.3, -0.25) is 0 Å². The van der Waals surface area contributed by atoms with E-state index in [0.717, 1.165) is 30.9 Å². The van der Waals surface area contributed by atoms with Gasteiger partial charge in [0.2, 0.25) is 0 Å². The third-order valence-electron chi connectivity index (χ3n) is 9.97. The van der Waals surface area contributed by atoms with Crippen molar-refractivity contribution in [3.8, 4) is 0 Å². The van der Waals surface area contributed by atoms with Gasteiger partial charge in [0, 0.05) is 0 Å². The van der Waals surface area contributed by atoms with Crippen LogP contribution in [-0.4, -0.2) is 0 Å². The van der Waals surface area contributed by atoms with Gasteiger partial charge in [0.15, 0.2) is 0 Å². The molecule has 0 aromatic rings. The maximum atomic E-state index is 2.64. The minimum absolute atomic E-state index is 0.444. The predicted octanol–water partition coefficient (Wildman–Crippen LogP) is 8.70. The monoisotopic (exact) mass is 468 g/mol. The summed E-state index contributed by atoms with van der Waals surface area (Å²) in [7, 11) is 0. The SMILES string of the molecule is CC1CC2C(=CC=CCC2(C)C)[CH]1[Zr]1([CH]2C3=CC=CCC(C)(C)C3CC2C)[CH2][CH2]1. The summed E-state index contributed by atoms with van der Waals surface area (Å²) in [6, 6.07) is 0. The molecule has 0 nitrogen and oxygen atoms in total. The van der Waals surface area contributed by atoms with Crippen molar-refractivity contribution >= 4 is 0 Å². The molecule has 29 heavy (non-hydrogen) atoms. The summed E-state index contributed by atoms with van der Waals surface area (Å²) in [5.41, 5.74) is 4.73. The molecule has 0 aromatic heterocycles. The van der Waals surface area contributed by atoms with Gasteiger partial charge in [-0.25, -0.2) is 0 Å². The van der Waals surface area contributed by atoms with E-state index in [-0.39, 0.29) is 0 Å². The van der Waals surface area contributed by atoms with Crippen molar-refractivity contribution in [3.05, 3.63) is 47.6 Å². The third-order valence-corrected chi connectivity index (χ3v) is 24.6. The van der Waals surface area contributed by atoms with Crippen LogP contribution in [0.4, 0.5) is 0 Å². The van der Waals surface area contributed by atoms with Crippen LogP contribution in [0.2, 0.25) is 15.5 Å². The van der Waals surface area contributed by atoms with Gasteiger partial charge in [-0.1, -0.05) is 0 Å². The molecule has 0 radical (unpaired) electrons. The summed E-state index contributed by atoms with van der Waals surface area (Å²) in [6.45, 7) is 15.4. The first-order chi connectivity index (χ1) is 13.7. The summed E-state index contributed by atoms with van der Waals surface area (Å²) < 4.78 is 5.36. The van der Waals surface area contributed by atoms with Gasteiger partial charge in [0.1, 0.15) is 0 Å². The van der Waals surface area contributed by atoms with Crippen molar-refractivity contribution in [2.45, 2.75) is 82.7 Å². The molecule has 0 amide bonds. The Hall–Kier alpha value is -0.157. The van der Waals surface area contributed by atoms with Crippen molar-refractivity contribution < 1.29 is 20.3 Å². The molecular weight excluding hydrogens is 428 g/mol. The average molecular weight is 470 g/mol. The zero-order valence-electron chi connectivity index (χ0n) is 19.7. The van der Waals surface area contributed by atoms with Crippen LogP contribution in [0.1, 0.15) is 67.2 Å². The molecule has 4 aliphatic carbocycles. The predicted molar refractivity (Wildman–Crippen MR) is 123 cm³/mol. The molecule has 5 rings (SSSR count). The van der Waals surface area contributed by atoms with Crippen molar-refractivity contribution in [2.75, 3.05) is 0 Å². The number of hydrogen-bond donors (Lipinski definition) is 0. The van der Waals surface area contributed by atoms with E-state index in [0.29, 0.717) is 10.8 Å². The molecule has 0 N–H and O–H groups in total. The van der Waals surface area contributed by atoms with Crippen LogP contribution in [0, 0.1) is 34.5 Å². The van der Waals surface area contributed by atoms with E-state index in [2.05, 4.69) is 78.0 Å². The van der Waals surface area contributed by atoms with E-state index in [1.165, 1.54) is 25.7 Å². The van der Waals surface area contributed by atoms with Crippen LogP contribution in [0.15, 0.2) is 47.6 Å². The van der Waals surface area contributed by atoms with Crippen LogP contribution >= 0.6 is 0 Å². The Morgan fingerprint density at radius 1 is 0.724 bits per heavy atom. The molecule has 1 heteroatoms. The second-order valence-corrected chi connectivity index (χ2v) is 24.4. The van der Waals surface area contributed by atoms with Crippen molar-refractivity contribution in [1.29, 1.82) is 0 Å². The Morgan fingerprint density at radius 3 is 1.52 bits per heavy atom. The van der Waals surface area contributed by atoms with Gasteiger partial charge in [0.25, 0.3) is 0 Å². The Morgan fingerprint density at radius 2 is 1.14 bits per heavy atom. The van der Waals surface area contributed by atoms with E-state index in [1.54, 1.807) is 8.26 Å². The Labute approximate surface area is 184 Å². The fourth-order valence-electron chi connectivity index (χ4n) is 8.50. The van der Waals surface area contributed by atoms with E-state index >= 15 is 0 Å². The molecule has 3 fully saturated rings. The fourth-order valence-corrected chi connectivity index (χ4v) is 28.4. The molecular formula is C28H42Zr. The summed E-state index contributed by atoms with van der Waals surface area (Å²) in [4.78, 5) is 0. The molecule has 1 heterocycles. The quantitative estimate of drug-likeness (QED) is 0.379. The van der Waals surface area contributed by atoms with Crippen LogP contribution < -0.4 is 0 Å². The molecule has 1 saturated heterocycles. The summed E-state index contributed by atoms with van der Waals surface area (Å²) >= 11 is -2.25. The number of hydrogen-bond acceptors (Lipinski definition) is 0. The molecule has 6 atom stereocenters. The number of allylic oxidation sites excluding steroid dienone is 8. The number of fused-ring (bicyclic) bond motifs is 2. The van der Waals surface area contributed by atoms with Gasteiger partial charge in [-0.15, -0.1) is 0 Å². The minimum atomic E-state index is -2.25. The Kier molecular flexibility index (Phi) is 4.95. The van der Waals surface area contributed by atoms with Gasteiger partial charge in [0.05, 0.1) is 0 Å². The Bertz CT molecular complexity index is 736. The summed E-state index contributed by atoms with van der Waals surface area (Å²) in [6.07, 6.45) is 20.4. The van der Waals surface area contributed by atoms with Crippen molar-refractivity contribution in [3.63, 3.8) is 0 Å². The molecule has 6 unspecified atom stereocenters. The van der Waals surface area contributed by atoms with E-state index in [9.17, 15) is 0 Å². The molecule has 158 valence electrons. The van der Waals surface area contributed by atoms with E-state index in [1.807, 2.05) is 11.1 Å². The first-order valence-electron chi connectivity index (χ1n) is 12.4. The van der Waals surface area contributed by atoms with Crippen LogP contribution in [0.5, 0.6) is 0 Å². The molecule has 2 saturated carbocycles. The first-order valence-corrected chi connectivity index (χ1v) is 18.7. The maximum absolute atomic E-state index is 2.64. The van der Waals surface area contributed by atoms with Crippen LogP contribution in [0.25, 0.3) is 0 Å². The van der Waals surface area contributed by atoms with Crippen molar-refractivity contribution in [2.24, 2.45) is 34.5 Å². The molecule has 0 bridgehead atoms. The zero-order chi connectivity index (χ0) is 20.6. The topological polar surface area (TPSA) is 0 Å². The average Bonchev–Trinajstić information content (AvgIpc) is 3.30. The molecule has 0 spiro atoms. The fraction of sp³-hybridized carbons (Fsp3) is 0.714. The van der Waals surface area contributed by atoms with Gasteiger partial charge in [-0.05, 0) is 0 Å². The molecule has 0 aromatic carbocycles. The van der Waals surface area contributed by atoms with Gasteiger partial charge < -0.3 is 0 Å². The van der Waals surface area contributed by atoms with Crippen LogP contribution in [0.3, 0.4) is 0 Å². The second-order valence-electron chi connectivity index (χ2n) is 12.8. The third kappa shape index (κ3) is 3.15. The molecule has 5 aliphatic rings. The van der Waals surface area contributed by atoms with E-state index in [4.69, 9.17) is 0 Å². The number of rotatable bonds is 2. The molecule has 1 aliphatic heterocycles. The zero-order valence-corrected chi connectivity index (χ0v) is 22.1. The van der Waals surface area contributed by atoms with E-state index < -0.39 is 20.3 Å². The normalized spacial score (nSPS) is 43.7. The van der Waals surface area contributed by atoms with Gasteiger partial charge in [-0.2, -0.15) is 0 Å². The standard InChI is InChI=1S/2C13H19.C2H4.Zr/c2*1-10-8-11-6-4-5-7-13(2,3)12(11)9-10;1-2;/h2*4-6,8,10,12H,7,9H2,1-3H3;1-2H2;. The van der Waals surface area contributed by atoms with Crippen LogP contribution in [-0.2, 0) is 20.3 Å². The van der Waals surface area contributed by atoms with Gasteiger partial charge >= 0.3 is 185 Å². The summed E-state index contributed by atoms with van der Waals surface area (Å²) in [5, 5.41) is 0. The Balaban J connectivity index is 1.55. The summed E-state index contributed by atoms with van der Waals surface area (Å²) in [5.74, 6) is 3.52.